The van der Waals surface area contributed by atoms with Gasteiger partial charge in [0.2, 0.25) is 0 Å². The van der Waals surface area contributed by atoms with Gasteiger partial charge in [0.15, 0.2) is 0 Å². The molecule has 0 saturated heterocycles. The normalized spacial score (nSPS) is 4.25. The zero-order valence-electron chi connectivity index (χ0n) is 4.37. The third-order valence-electron chi connectivity index (χ3n) is 0. The van der Waals surface area contributed by atoms with Crippen LogP contribution in [0.15, 0.2) is 0 Å². The van der Waals surface area contributed by atoms with Gasteiger partial charge < -0.3 is 6.92 Å². The van der Waals surface area contributed by atoms with Crippen LogP contribution in [0, 0.1) is 18.3 Å². The fourth-order valence-corrected chi connectivity index (χ4v) is 0. The quantitative estimate of drug-likeness (QED) is 0.293. The molecule has 0 heterocycles. The first-order valence-electron chi connectivity index (χ1n) is 1.23. The standard InChI is InChI=1S/C2H2N.BF3.K/c1-2-3;2-1(3)4;/h1H2;;/q-1;;+1. The van der Waals surface area contributed by atoms with E-state index >= 15 is 0 Å². The first-order chi connectivity index (χ1) is 3.15. The van der Waals surface area contributed by atoms with Gasteiger partial charge in [-0.25, -0.2) is 5.26 Å². The van der Waals surface area contributed by atoms with E-state index in [2.05, 4.69) is 6.92 Å². The van der Waals surface area contributed by atoms with Gasteiger partial charge in [-0.2, -0.15) is 0 Å². The average molecular weight is 147 g/mol. The van der Waals surface area contributed by atoms with Gasteiger partial charge in [-0.15, -0.1) is 6.07 Å². The van der Waals surface area contributed by atoms with Gasteiger partial charge in [-0.05, 0) is 0 Å². The maximum absolute atomic E-state index is 9.67. The molecule has 0 aromatic carbocycles. The first kappa shape index (κ1) is 15.9. The molecule has 0 aliphatic heterocycles. The Kier molecular flexibility index (Phi) is 31.2. The van der Waals surface area contributed by atoms with Crippen LogP contribution in [0.1, 0.15) is 0 Å². The van der Waals surface area contributed by atoms with Crippen LogP contribution in [0.25, 0.3) is 0 Å². The summed E-state index contributed by atoms with van der Waals surface area (Å²) in [6.45, 7) is 2.79. The summed E-state index contributed by atoms with van der Waals surface area (Å²) < 4.78 is 29.0. The summed E-state index contributed by atoms with van der Waals surface area (Å²) in [5, 5.41) is 7.21. The number of rotatable bonds is 0. The maximum atomic E-state index is 9.67. The van der Waals surface area contributed by atoms with E-state index in [0.29, 0.717) is 0 Å². The molecule has 6 heteroatoms. The summed E-state index contributed by atoms with van der Waals surface area (Å²) >= 11 is 0. The molecule has 1 nitrogen and oxygen atoms in total. The Morgan fingerprint density at radius 2 is 1.38 bits per heavy atom. The van der Waals surface area contributed by atoms with E-state index in [4.69, 9.17) is 5.26 Å². The van der Waals surface area contributed by atoms with E-state index in [9.17, 15) is 12.9 Å². The van der Waals surface area contributed by atoms with Crippen LogP contribution in [0.3, 0.4) is 0 Å². The molecule has 0 aromatic heterocycles. The van der Waals surface area contributed by atoms with Crippen LogP contribution in [0.4, 0.5) is 12.9 Å². The van der Waals surface area contributed by atoms with Crippen LogP contribution in [0.5, 0.6) is 0 Å². The number of nitriles is 1. The summed E-state index contributed by atoms with van der Waals surface area (Å²) in [5.74, 6) is 0. The van der Waals surface area contributed by atoms with Crippen LogP contribution in [0.2, 0.25) is 0 Å². The molecule has 0 N–H and O–H groups in total. The second-order valence-electron chi connectivity index (χ2n) is 0.406. The molecular formula is C2H2BF3KN. The molecule has 40 valence electrons. The maximum Gasteiger partial charge on any atom is 1.00 e. The van der Waals surface area contributed by atoms with Gasteiger partial charge >= 0.3 is 58.9 Å². The van der Waals surface area contributed by atoms with E-state index in [-0.39, 0.29) is 51.4 Å². The van der Waals surface area contributed by atoms with Crippen molar-refractivity contribution in [3.8, 4) is 6.07 Å². The van der Waals surface area contributed by atoms with Crippen LogP contribution in [-0.2, 0) is 0 Å². The first-order valence-corrected chi connectivity index (χ1v) is 1.23. The zero-order valence-corrected chi connectivity index (χ0v) is 7.49. The Hall–Kier alpha value is 0.851. The van der Waals surface area contributed by atoms with Crippen molar-refractivity contribution in [3.63, 3.8) is 0 Å². The van der Waals surface area contributed by atoms with Crippen LogP contribution >= 0.6 is 0 Å². The van der Waals surface area contributed by atoms with Crippen molar-refractivity contribution >= 4 is 7.54 Å². The third-order valence-corrected chi connectivity index (χ3v) is 0. The van der Waals surface area contributed by atoms with Crippen molar-refractivity contribution in [3.05, 3.63) is 6.92 Å². The molecule has 0 atom stereocenters. The molecule has 0 unspecified atom stereocenters. The van der Waals surface area contributed by atoms with Gasteiger partial charge in [0.25, 0.3) is 0 Å². The van der Waals surface area contributed by atoms with Crippen molar-refractivity contribution < 1.29 is 64.3 Å². The minimum absolute atomic E-state index is 0. The predicted octanol–water partition coefficient (Wildman–Crippen LogP) is -1.77. The summed E-state index contributed by atoms with van der Waals surface area (Å²) in [6, 6.07) is 1.50. The molecular weight excluding hydrogens is 145 g/mol. The monoisotopic (exact) mass is 147 g/mol. The number of hydrogen-bond donors (Lipinski definition) is 0. The Bertz CT molecular complexity index is 60.0. The molecule has 8 heavy (non-hydrogen) atoms. The van der Waals surface area contributed by atoms with Gasteiger partial charge in [0, 0.05) is 0 Å². The van der Waals surface area contributed by atoms with E-state index in [1.807, 2.05) is 0 Å². The molecule has 0 aliphatic carbocycles. The van der Waals surface area contributed by atoms with E-state index < -0.39 is 7.54 Å². The number of hydrogen-bond acceptors (Lipinski definition) is 1. The number of nitrogens with zero attached hydrogens (tertiary/aromatic N) is 1. The molecule has 0 saturated carbocycles. The Balaban J connectivity index is -0.0000000575. The summed E-state index contributed by atoms with van der Waals surface area (Å²) in [7, 11) is -3.67. The Labute approximate surface area is 88.9 Å². The van der Waals surface area contributed by atoms with Crippen molar-refractivity contribution in [1.82, 2.24) is 0 Å². The summed E-state index contributed by atoms with van der Waals surface area (Å²) in [6.07, 6.45) is 0. The minimum Gasteiger partial charge on any atom is -0.305 e. The van der Waals surface area contributed by atoms with Crippen LogP contribution < -0.4 is 51.4 Å². The van der Waals surface area contributed by atoms with Gasteiger partial charge in [-0.3, -0.25) is 12.9 Å². The SMILES string of the molecule is FB(F)F.[CH2-]C#N.[K+]. The van der Waals surface area contributed by atoms with Crippen molar-refractivity contribution in [1.29, 1.82) is 5.26 Å². The molecule has 0 aliphatic rings. The van der Waals surface area contributed by atoms with E-state index in [1.165, 1.54) is 6.07 Å². The average Bonchev–Trinajstić information content (AvgIpc) is 1.33. The van der Waals surface area contributed by atoms with Gasteiger partial charge in [-0.1, -0.05) is 0 Å². The molecule has 0 amide bonds. The molecule has 0 radical (unpaired) electrons. The second kappa shape index (κ2) is 15.7. The van der Waals surface area contributed by atoms with Crippen molar-refractivity contribution in [2.45, 2.75) is 0 Å². The second-order valence-corrected chi connectivity index (χ2v) is 0.406. The van der Waals surface area contributed by atoms with Gasteiger partial charge in [0.1, 0.15) is 0 Å². The molecule has 0 fully saturated rings. The smallest absolute Gasteiger partial charge is 0.305 e. The zero-order chi connectivity index (χ0) is 6.28. The Morgan fingerprint density at radius 1 is 1.38 bits per heavy atom. The van der Waals surface area contributed by atoms with Crippen molar-refractivity contribution in [2.24, 2.45) is 0 Å². The Morgan fingerprint density at radius 3 is 1.38 bits per heavy atom. The fourth-order valence-electron chi connectivity index (χ4n) is 0. The van der Waals surface area contributed by atoms with E-state index in [0.717, 1.165) is 0 Å². The molecule has 0 spiro atoms. The van der Waals surface area contributed by atoms with E-state index in [1.54, 1.807) is 0 Å². The van der Waals surface area contributed by atoms with Gasteiger partial charge in [0.05, 0.1) is 0 Å². The molecule has 0 bridgehead atoms. The summed E-state index contributed by atoms with van der Waals surface area (Å²) in [4.78, 5) is 0. The topological polar surface area (TPSA) is 23.8 Å². The minimum atomic E-state index is -3.67. The summed E-state index contributed by atoms with van der Waals surface area (Å²) in [5.41, 5.74) is 0. The number of halogens is 3. The fraction of sp³-hybridized carbons (Fsp3) is 0. The largest absolute Gasteiger partial charge is 1.00 e. The van der Waals surface area contributed by atoms with Crippen molar-refractivity contribution in [2.75, 3.05) is 0 Å². The predicted molar refractivity (Wildman–Crippen MR) is 20.0 cm³/mol. The molecule has 0 rings (SSSR count). The molecule has 0 aromatic rings. The van der Waals surface area contributed by atoms with Crippen LogP contribution in [-0.4, -0.2) is 7.54 Å². The third kappa shape index (κ3) is 324.